The molecule has 0 spiro atoms. The van der Waals surface area contributed by atoms with Crippen LogP contribution < -0.4 is 0 Å². The topological polar surface area (TPSA) is 16.1 Å². The molecule has 0 aliphatic rings. The molecule has 0 amide bonds. The molecular weight excluding hydrogens is 415 g/mol. The maximum absolute atomic E-state index is 5.81. The third kappa shape index (κ3) is 2.99. The summed E-state index contributed by atoms with van der Waals surface area (Å²) < 4.78 is 0. The van der Waals surface area contributed by atoms with Crippen molar-refractivity contribution in [3.63, 3.8) is 0 Å². The van der Waals surface area contributed by atoms with Crippen molar-refractivity contribution in [2.45, 2.75) is 26.8 Å². The van der Waals surface area contributed by atoms with Crippen LogP contribution in [0, 0.1) is 27.1 Å². The van der Waals surface area contributed by atoms with E-state index in [2.05, 4.69) is 43.9 Å². The summed E-state index contributed by atoms with van der Waals surface area (Å²) in [5.74, 6) is 0. The van der Waals surface area contributed by atoms with Gasteiger partial charge in [0.25, 0.3) is 0 Å². The standard InChI is InChI=1S/C16H20BN2.W/c1-10-11(2)13-7-6-8-14(15(9-17)19(4)5)16(13)18-12(10)3;/h6-9,15H,1-5H3;/q-1;+2. The van der Waals surface area contributed by atoms with E-state index in [1.165, 1.54) is 16.5 Å². The molecule has 1 aromatic heterocycles. The van der Waals surface area contributed by atoms with Gasteiger partial charge in [-0.05, 0) is 51.6 Å². The maximum atomic E-state index is 5.81. The van der Waals surface area contributed by atoms with E-state index in [0.717, 1.165) is 16.8 Å². The number of hydrogen-bond acceptors (Lipinski definition) is 2. The van der Waals surface area contributed by atoms with Gasteiger partial charge in [-0.1, -0.05) is 24.2 Å². The van der Waals surface area contributed by atoms with Gasteiger partial charge in [-0.2, -0.15) is 7.85 Å². The molecule has 0 saturated carbocycles. The van der Waals surface area contributed by atoms with Crippen molar-refractivity contribution in [3.05, 3.63) is 46.9 Å². The van der Waals surface area contributed by atoms with Crippen LogP contribution in [0.25, 0.3) is 10.9 Å². The van der Waals surface area contributed by atoms with Crippen molar-refractivity contribution in [3.8, 4) is 0 Å². The number of rotatable bonds is 3. The first-order valence-corrected chi connectivity index (χ1v) is 6.55. The van der Waals surface area contributed by atoms with Gasteiger partial charge >= 0.3 is 21.1 Å². The van der Waals surface area contributed by atoms with Gasteiger partial charge in [-0.3, -0.25) is 4.98 Å². The molecule has 0 saturated heterocycles. The Kier molecular flexibility index (Phi) is 5.97. The third-order valence-electron chi connectivity index (χ3n) is 3.91. The average molecular weight is 435 g/mol. The zero-order valence-electron chi connectivity index (χ0n) is 12.8. The first kappa shape index (κ1) is 17.4. The van der Waals surface area contributed by atoms with Gasteiger partial charge in [-0.15, -0.1) is 0 Å². The van der Waals surface area contributed by atoms with Crippen molar-refractivity contribution in [2.24, 2.45) is 0 Å². The van der Waals surface area contributed by atoms with Crippen LogP contribution in [-0.2, 0) is 21.1 Å². The van der Waals surface area contributed by atoms with Gasteiger partial charge in [0.05, 0.1) is 5.52 Å². The van der Waals surface area contributed by atoms with Crippen LogP contribution in [-0.4, -0.2) is 31.8 Å². The smallest absolute Gasteiger partial charge is 0.346 e. The number of benzene rings is 1. The van der Waals surface area contributed by atoms with Crippen LogP contribution in [0.1, 0.15) is 28.4 Å². The molecule has 20 heavy (non-hydrogen) atoms. The molecular formula is C16H20BN2W+. The molecule has 0 aliphatic heterocycles. The van der Waals surface area contributed by atoms with E-state index in [0.29, 0.717) is 0 Å². The molecule has 2 rings (SSSR count). The molecule has 0 bridgehead atoms. The number of aromatic nitrogens is 1. The monoisotopic (exact) mass is 435 g/mol. The van der Waals surface area contributed by atoms with Crippen molar-refractivity contribution in [1.82, 2.24) is 9.88 Å². The van der Waals surface area contributed by atoms with E-state index < -0.39 is 0 Å². The number of fused-ring (bicyclic) bond motifs is 1. The zero-order valence-corrected chi connectivity index (χ0v) is 15.7. The molecule has 1 unspecified atom stereocenters. The van der Waals surface area contributed by atoms with Gasteiger partial charge in [0, 0.05) is 11.1 Å². The summed E-state index contributed by atoms with van der Waals surface area (Å²) in [5.41, 5.74) is 5.88. The molecule has 1 atom stereocenters. The van der Waals surface area contributed by atoms with Gasteiger partial charge in [0.15, 0.2) is 0 Å². The molecule has 0 N–H and O–H groups in total. The van der Waals surface area contributed by atoms with Gasteiger partial charge in [-0.25, -0.2) is 0 Å². The minimum atomic E-state index is 0. The summed E-state index contributed by atoms with van der Waals surface area (Å²) in [6.45, 7) is 6.35. The number of hydrogen-bond donors (Lipinski definition) is 0. The van der Waals surface area contributed by atoms with Crippen LogP contribution in [0.2, 0.25) is 0 Å². The number of nitrogens with zero attached hydrogens (tertiary/aromatic N) is 2. The van der Waals surface area contributed by atoms with Crippen molar-refractivity contribution in [2.75, 3.05) is 14.1 Å². The molecule has 2 radical (unpaired) electrons. The Balaban J connectivity index is 0.00000200. The minimum absolute atomic E-state index is 0. The van der Waals surface area contributed by atoms with Crippen LogP contribution in [0.3, 0.4) is 0 Å². The Labute approximate surface area is 137 Å². The van der Waals surface area contributed by atoms with Gasteiger partial charge in [0.2, 0.25) is 0 Å². The molecule has 0 aliphatic carbocycles. The number of para-hydroxylation sites is 1. The Morgan fingerprint density at radius 3 is 2.35 bits per heavy atom. The van der Waals surface area contributed by atoms with E-state index in [1.807, 2.05) is 14.1 Å². The van der Waals surface area contributed by atoms with Crippen LogP contribution in [0.5, 0.6) is 0 Å². The number of pyridine rings is 1. The Morgan fingerprint density at radius 2 is 1.80 bits per heavy atom. The fraction of sp³-hybridized carbons (Fsp3) is 0.375. The molecule has 2 nitrogen and oxygen atoms in total. The average Bonchev–Trinajstić information content (AvgIpc) is 2.37. The fourth-order valence-corrected chi connectivity index (χ4v) is 2.51. The van der Waals surface area contributed by atoms with Crippen molar-refractivity contribution >= 4 is 18.7 Å². The summed E-state index contributed by atoms with van der Waals surface area (Å²) in [6.07, 6.45) is 1.72. The van der Waals surface area contributed by atoms with Gasteiger partial charge in [0.1, 0.15) is 0 Å². The minimum Gasteiger partial charge on any atom is -0.346 e. The molecule has 0 fully saturated rings. The van der Waals surface area contributed by atoms with Crippen LogP contribution in [0.4, 0.5) is 0 Å². The number of aryl methyl sites for hydroxylation is 2. The predicted molar refractivity (Wildman–Crippen MR) is 82.4 cm³/mol. The van der Waals surface area contributed by atoms with E-state index in [9.17, 15) is 0 Å². The molecule has 4 heteroatoms. The summed E-state index contributed by atoms with van der Waals surface area (Å²) in [4.78, 5) is 6.88. The second-order valence-corrected chi connectivity index (χ2v) is 5.29. The fourth-order valence-electron chi connectivity index (χ4n) is 2.51. The first-order chi connectivity index (χ1) is 8.97. The van der Waals surface area contributed by atoms with E-state index in [4.69, 9.17) is 12.8 Å². The predicted octanol–water partition coefficient (Wildman–Crippen LogP) is 3.09. The Morgan fingerprint density at radius 1 is 1.15 bits per heavy atom. The van der Waals surface area contributed by atoms with E-state index >= 15 is 0 Å². The Hall–Kier alpha value is -0.657. The first-order valence-electron chi connectivity index (χ1n) is 6.55. The normalized spacial score (nSPS) is 12.5. The molecule has 1 aromatic carbocycles. The van der Waals surface area contributed by atoms with Gasteiger partial charge < -0.3 is 11.2 Å². The molecule has 1 heterocycles. The maximum Gasteiger partial charge on any atom is 2.00 e. The third-order valence-corrected chi connectivity index (χ3v) is 3.91. The summed E-state index contributed by atoms with van der Waals surface area (Å²) in [6, 6.07) is 6.41. The van der Waals surface area contributed by atoms with E-state index in [-0.39, 0.29) is 27.1 Å². The van der Waals surface area contributed by atoms with Crippen LogP contribution >= 0.6 is 0 Å². The Bertz CT molecular complexity index is 611. The second-order valence-electron chi connectivity index (χ2n) is 5.29. The quantitative estimate of drug-likeness (QED) is 0.545. The van der Waals surface area contributed by atoms with Crippen molar-refractivity contribution < 1.29 is 21.1 Å². The summed E-state index contributed by atoms with van der Waals surface area (Å²) in [5, 5.41) is 1.22. The SMILES string of the molecule is [B][CH-]C(c1cccc2c(C)c(C)c(C)nc12)N(C)C.[W+2]. The second kappa shape index (κ2) is 6.87. The van der Waals surface area contributed by atoms with E-state index in [1.54, 1.807) is 6.32 Å². The summed E-state index contributed by atoms with van der Waals surface area (Å²) in [7, 11) is 9.87. The largest absolute Gasteiger partial charge is 2.00 e. The molecule has 2 aromatic rings. The molecule has 102 valence electrons. The van der Waals surface area contributed by atoms with Crippen molar-refractivity contribution in [1.29, 1.82) is 0 Å². The zero-order chi connectivity index (χ0) is 14.2. The summed E-state index contributed by atoms with van der Waals surface area (Å²) >= 11 is 0. The van der Waals surface area contributed by atoms with Crippen LogP contribution in [0.15, 0.2) is 18.2 Å².